The van der Waals surface area contributed by atoms with Crippen molar-refractivity contribution >= 4 is 23.6 Å². The third kappa shape index (κ3) is 3.68. The standard InChI is InChI=1S/C10H18N2O3S/c1-6(10(14)15)7(2)12-9(13)8-5-16-4-3-11-8/h6-8,11H,3-5H2,1-2H3,(H,12,13)(H,14,15). The van der Waals surface area contributed by atoms with Crippen LogP contribution < -0.4 is 10.6 Å². The first-order chi connectivity index (χ1) is 7.52. The molecule has 1 heterocycles. The van der Waals surface area contributed by atoms with Crippen LogP contribution in [0.15, 0.2) is 0 Å². The molecule has 92 valence electrons. The largest absolute Gasteiger partial charge is 0.481 e. The predicted molar refractivity (Wildman–Crippen MR) is 63.5 cm³/mol. The van der Waals surface area contributed by atoms with Crippen molar-refractivity contribution < 1.29 is 14.7 Å². The summed E-state index contributed by atoms with van der Waals surface area (Å²) in [6.07, 6.45) is 0. The number of rotatable bonds is 4. The maximum Gasteiger partial charge on any atom is 0.308 e. The van der Waals surface area contributed by atoms with Crippen molar-refractivity contribution in [2.75, 3.05) is 18.1 Å². The van der Waals surface area contributed by atoms with E-state index in [4.69, 9.17) is 5.11 Å². The van der Waals surface area contributed by atoms with Gasteiger partial charge in [0.2, 0.25) is 5.91 Å². The molecule has 0 aromatic rings. The quantitative estimate of drug-likeness (QED) is 0.646. The van der Waals surface area contributed by atoms with E-state index in [1.807, 2.05) is 0 Å². The Balaban J connectivity index is 2.40. The van der Waals surface area contributed by atoms with Crippen LogP contribution >= 0.6 is 11.8 Å². The van der Waals surface area contributed by atoms with Crippen molar-refractivity contribution in [3.63, 3.8) is 0 Å². The maximum absolute atomic E-state index is 11.8. The molecule has 0 aromatic carbocycles. The maximum atomic E-state index is 11.8. The van der Waals surface area contributed by atoms with Crippen LogP contribution in [-0.4, -0.2) is 47.1 Å². The summed E-state index contributed by atoms with van der Waals surface area (Å²) in [5.41, 5.74) is 0. The Labute approximate surface area is 99.4 Å². The number of thioether (sulfide) groups is 1. The van der Waals surface area contributed by atoms with E-state index in [1.54, 1.807) is 25.6 Å². The van der Waals surface area contributed by atoms with Gasteiger partial charge in [0.05, 0.1) is 12.0 Å². The number of carbonyl (C=O) groups is 2. The minimum atomic E-state index is -0.890. The molecule has 0 aliphatic carbocycles. The van der Waals surface area contributed by atoms with Crippen molar-refractivity contribution in [3.8, 4) is 0 Å². The summed E-state index contributed by atoms with van der Waals surface area (Å²) in [4.78, 5) is 22.5. The van der Waals surface area contributed by atoms with Gasteiger partial charge in [0.15, 0.2) is 0 Å². The number of nitrogens with one attached hydrogen (secondary N) is 2. The smallest absolute Gasteiger partial charge is 0.308 e. The van der Waals surface area contributed by atoms with Gasteiger partial charge >= 0.3 is 5.97 Å². The van der Waals surface area contributed by atoms with Crippen LogP contribution in [0.2, 0.25) is 0 Å². The first-order valence-electron chi connectivity index (χ1n) is 5.36. The van der Waals surface area contributed by atoms with E-state index in [2.05, 4.69) is 10.6 Å². The lowest BCUT2D eigenvalue weighted by Crippen LogP contribution is -2.52. The lowest BCUT2D eigenvalue weighted by Gasteiger charge is -2.25. The van der Waals surface area contributed by atoms with E-state index in [0.717, 1.165) is 18.1 Å². The van der Waals surface area contributed by atoms with Gasteiger partial charge in [-0.3, -0.25) is 9.59 Å². The molecule has 3 atom stereocenters. The summed E-state index contributed by atoms with van der Waals surface area (Å²) >= 11 is 1.73. The number of carboxylic acids is 1. The molecule has 0 spiro atoms. The van der Waals surface area contributed by atoms with Gasteiger partial charge in [-0.2, -0.15) is 11.8 Å². The molecule has 1 saturated heterocycles. The van der Waals surface area contributed by atoms with E-state index < -0.39 is 11.9 Å². The Morgan fingerprint density at radius 2 is 2.19 bits per heavy atom. The van der Waals surface area contributed by atoms with Gasteiger partial charge in [-0.1, -0.05) is 0 Å². The van der Waals surface area contributed by atoms with Gasteiger partial charge in [0, 0.05) is 24.1 Å². The molecule has 3 N–H and O–H groups in total. The number of amides is 1. The first kappa shape index (κ1) is 13.3. The van der Waals surface area contributed by atoms with E-state index in [-0.39, 0.29) is 18.0 Å². The van der Waals surface area contributed by atoms with E-state index >= 15 is 0 Å². The Bertz CT molecular complexity index is 267. The molecule has 0 bridgehead atoms. The summed E-state index contributed by atoms with van der Waals surface area (Å²) in [5, 5.41) is 14.7. The molecule has 0 radical (unpaired) electrons. The van der Waals surface area contributed by atoms with Gasteiger partial charge < -0.3 is 15.7 Å². The van der Waals surface area contributed by atoms with E-state index in [0.29, 0.717) is 0 Å². The number of carboxylic acid groups (broad SMARTS) is 1. The van der Waals surface area contributed by atoms with Crippen LogP contribution in [0.25, 0.3) is 0 Å². The molecule has 1 amide bonds. The molecule has 5 nitrogen and oxygen atoms in total. The van der Waals surface area contributed by atoms with Crippen molar-refractivity contribution in [2.45, 2.75) is 25.9 Å². The zero-order valence-electron chi connectivity index (χ0n) is 9.53. The van der Waals surface area contributed by atoms with Crippen molar-refractivity contribution in [1.29, 1.82) is 0 Å². The monoisotopic (exact) mass is 246 g/mol. The van der Waals surface area contributed by atoms with Crippen LogP contribution in [-0.2, 0) is 9.59 Å². The fraction of sp³-hybridized carbons (Fsp3) is 0.800. The van der Waals surface area contributed by atoms with Crippen LogP contribution in [0.5, 0.6) is 0 Å². The highest BCUT2D eigenvalue weighted by Gasteiger charge is 2.26. The summed E-state index contributed by atoms with van der Waals surface area (Å²) < 4.78 is 0. The van der Waals surface area contributed by atoms with Gasteiger partial charge in [0.25, 0.3) is 0 Å². The number of hydrogen-bond acceptors (Lipinski definition) is 4. The molecule has 3 unspecified atom stereocenters. The van der Waals surface area contributed by atoms with Crippen molar-refractivity contribution in [2.24, 2.45) is 5.92 Å². The number of aliphatic carboxylic acids is 1. The molecule has 6 heteroatoms. The van der Waals surface area contributed by atoms with Gasteiger partial charge in [-0.05, 0) is 13.8 Å². The minimum Gasteiger partial charge on any atom is -0.481 e. The Kier molecular flexibility index (Phi) is 5.08. The van der Waals surface area contributed by atoms with Crippen LogP contribution in [0.1, 0.15) is 13.8 Å². The average molecular weight is 246 g/mol. The van der Waals surface area contributed by atoms with E-state index in [1.165, 1.54) is 0 Å². The third-order valence-corrected chi connectivity index (χ3v) is 3.81. The number of hydrogen-bond donors (Lipinski definition) is 3. The lowest BCUT2D eigenvalue weighted by molar-refractivity contribution is -0.142. The van der Waals surface area contributed by atoms with Crippen LogP contribution in [0.4, 0.5) is 0 Å². The van der Waals surface area contributed by atoms with Crippen molar-refractivity contribution in [1.82, 2.24) is 10.6 Å². The zero-order chi connectivity index (χ0) is 12.1. The molecular formula is C10H18N2O3S. The second-order valence-electron chi connectivity index (χ2n) is 4.01. The van der Waals surface area contributed by atoms with Gasteiger partial charge in [0.1, 0.15) is 0 Å². The van der Waals surface area contributed by atoms with Gasteiger partial charge in [-0.15, -0.1) is 0 Å². The highest BCUT2D eigenvalue weighted by atomic mass is 32.2. The van der Waals surface area contributed by atoms with Gasteiger partial charge in [-0.25, -0.2) is 0 Å². The summed E-state index contributed by atoms with van der Waals surface area (Å²) in [6.45, 7) is 4.13. The SMILES string of the molecule is CC(NC(=O)C1CSCCN1)C(C)C(=O)O. The number of carbonyl (C=O) groups excluding carboxylic acids is 1. The third-order valence-electron chi connectivity index (χ3n) is 2.75. The summed E-state index contributed by atoms with van der Waals surface area (Å²) in [5.74, 6) is 0.206. The molecule has 1 aliphatic heterocycles. The highest BCUT2D eigenvalue weighted by molar-refractivity contribution is 7.99. The molecular weight excluding hydrogens is 228 g/mol. The molecule has 1 fully saturated rings. The average Bonchev–Trinajstić information content (AvgIpc) is 2.28. The Hall–Kier alpha value is -0.750. The second kappa shape index (κ2) is 6.10. The Morgan fingerprint density at radius 1 is 1.50 bits per heavy atom. The zero-order valence-corrected chi connectivity index (χ0v) is 10.3. The lowest BCUT2D eigenvalue weighted by atomic mass is 10.0. The minimum absolute atomic E-state index is 0.104. The molecule has 1 aliphatic rings. The summed E-state index contributed by atoms with van der Waals surface area (Å²) in [6, 6.07) is -0.541. The highest BCUT2D eigenvalue weighted by Crippen LogP contribution is 2.09. The predicted octanol–water partition coefficient (Wildman–Crippen LogP) is -0.0832. The van der Waals surface area contributed by atoms with Crippen molar-refractivity contribution in [3.05, 3.63) is 0 Å². The fourth-order valence-corrected chi connectivity index (χ4v) is 2.33. The second-order valence-corrected chi connectivity index (χ2v) is 5.16. The molecule has 0 saturated carbocycles. The normalized spacial score (nSPS) is 24.5. The molecule has 1 rings (SSSR count). The van der Waals surface area contributed by atoms with Crippen LogP contribution in [0.3, 0.4) is 0 Å². The Morgan fingerprint density at radius 3 is 2.69 bits per heavy atom. The first-order valence-corrected chi connectivity index (χ1v) is 6.52. The van der Waals surface area contributed by atoms with Crippen LogP contribution in [0, 0.1) is 5.92 Å². The fourth-order valence-electron chi connectivity index (χ4n) is 1.40. The summed E-state index contributed by atoms with van der Waals surface area (Å²) in [7, 11) is 0. The molecule has 0 aromatic heterocycles. The van der Waals surface area contributed by atoms with E-state index in [9.17, 15) is 9.59 Å². The molecule has 16 heavy (non-hydrogen) atoms. The topological polar surface area (TPSA) is 78.4 Å².